The van der Waals surface area contributed by atoms with Gasteiger partial charge in [-0.2, -0.15) is 5.26 Å². The number of hydrogen-bond acceptors (Lipinski definition) is 3. The van der Waals surface area contributed by atoms with Crippen molar-refractivity contribution < 1.29 is 4.74 Å². The molecule has 4 rings (SSSR count). The fraction of sp³-hybridized carbons (Fsp3) is 0.300. The molecule has 1 aliphatic carbocycles. The largest absolute Gasteiger partial charge is 0.495 e. The van der Waals surface area contributed by atoms with E-state index in [-0.39, 0.29) is 5.41 Å². The lowest BCUT2D eigenvalue weighted by Gasteiger charge is -2.15. The van der Waals surface area contributed by atoms with Crippen molar-refractivity contribution >= 4 is 22.5 Å². The molecule has 1 aliphatic rings. The zero-order valence-corrected chi connectivity index (χ0v) is 15.0. The van der Waals surface area contributed by atoms with Crippen LogP contribution >= 0.6 is 11.6 Å². The maximum atomic E-state index is 9.10. The molecule has 1 saturated carbocycles. The van der Waals surface area contributed by atoms with Gasteiger partial charge < -0.3 is 9.30 Å². The average molecular weight is 352 g/mol. The molecular formula is C20H18ClN3O. The van der Waals surface area contributed by atoms with Gasteiger partial charge in [-0.25, -0.2) is 4.98 Å². The number of nitriles is 1. The third-order valence-electron chi connectivity index (χ3n) is 5.03. The number of ether oxygens (including phenoxy) is 1. The van der Waals surface area contributed by atoms with E-state index in [9.17, 15) is 0 Å². The summed E-state index contributed by atoms with van der Waals surface area (Å²) >= 11 is 6.37. The van der Waals surface area contributed by atoms with E-state index in [4.69, 9.17) is 21.6 Å². The Balaban J connectivity index is 1.88. The van der Waals surface area contributed by atoms with Crippen LogP contribution in [0.25, 0.3) is 10.9 Å². The molecule has 0 N–H and O–H groups in total. The zero-order chi connectivity index (χ0) is 17.6. The van der Waals surface area contributed by atoms with E-state index in [1.54, 1.807) is 13.2 Å². The van der Waals surface area contributed by atoms with Gasteiger partial charge in [0, 0.05) is 16.5 Å². The SMILES string of the molecule is COc1cc2cc(C3(C)CC3)n(Cc3cccc(C#N)n3)c2cc1Cl. The maximum Gasteiger partial charge on any atom is 0.140 e. The monoisotopic (exact) mass is 351 g/mol. The molecule has 3 aromatic rings. The van der Waals surface area contributed by atoms with Crippen LogP contribution in [0.3, 0.4) is 0 Å². The van der Waals surface area contributed by atoms with Crippen molar-refractivity contribution in [2.75, 3.05) is 7.11 Å². The van der Waals surface area contributed by atoms with Gasteiger partial charge in [0.2, 0.25) is 0 Å². The quantitative estimate of drug-likeness (QED) is 0.686. The molecule has 0 atom stereocenters. The van der Waals surface area contributed by atoms with Crippen molar-refractivity contribution in [2.24, 2.45) is 0 Å². The fourth-order valence-electron chi connectivity index (χ4n) is 3.33. The molecule has 0 unspecified atom stereocenters. The number of hydrogen-bond donors (Lipinski definition) is 0. The highest BCUT2D eigenvalue weighted by Gasteiger charge is 2.42. The first-order valence-corrected chi connectivity index (χ1v) is 8.65. The van der Waals surface area contributed by atoms with Gasteiger partial charge in [0.25, 0.3) is 0 Å². The smallest absolute Gasteiger partial charge is 0.140 e. The van der Waals surface area contributed by atoms with E-state index in [2.05, 4.69) is 28.6 Å². The highest BCUT2D eigenvalue weighted by molar-refractivity contribution is 6.32. The number of aromatic nitrogens is 2. The van der Waals surface area contributed by atoms with Crippen molar-refractivity contribution in [1.82, 2.24) is 9.55 Å². The van der Waals surface area contributed by atoms with Crippen LogP contribution in [0.15, 0.2) is 36.4 Å². The number of rotatable bonds is 4. The van der Waals surface area contributed by atoms with Crippen LogP contribution in [0.4, 0.5) is 0 Å². The van der Waals surface area contributed by atoms with E-state index in [0.717, 1.165) is 16.6 Å². The highest BCUT2D eigenvalue weighted by atomic mass is 35.5. The Labute approximate surface area is 151 Å². The van der Waals surface area contributed by atoms with Crippen molar-refractivity contribution in [1.29, 1.82) is 5.26 Å². The van der Waals surface area contributed by atoms with Gasteiger partial charge in [-0.1, -0.05) is 24.6 Å². The number of methoxy groups -OCH3 is 1. The van der Waals surface area contributed by atoms with Gasteiger partial charge >= 0.3 is 0 Å². The number of nitrogens with zero attached hydrogens (tertiary/aromatic N) is 3. The average Bonchev–Trinajstić information content (AvgIpc) is 3.27. The van der Waals surface area contributed by atoms with Crippen molar-refractivity contribution in [3.63, 3.8) is 0 Å². The topological polar surface area (TPSA) is 50.8 Å². The van der Waals surface area contributed by atoms with E-state index in [1.165, 1.54) is 18.5 Å². The highest BCUT2D eigenvalue weighted by Crippen LogP contribution is 2.49. The molecule has 126 valence electrons. The molecule has 0 amide bonds. The lowest BCUT2D eigenvalue weighted by molar-refractivity contribution is 0.415. The summed E-state index contributed by atoms with van der Waals surface area (Å²) in [5.41, 5.74) is 3.86. The van der Waals surface area contributed by atoms with Crippen LogP contribution in [-0.4, -0.2) is 16.7 Å². The number of halogens is 1. The van der Waals surface area contributed by atoms with E-state index in [0.29, 0.717) is 23.0 Å². The molecule has 0 aliphatic heterocycles. The predicted molar refractivity (Wildman–Crippen MR) is 98.1 cm³/mol. The Bertz CT molecular complexity index is 1010. The minimum Gasteiger partial charge on any atom is -0.495 e. The van der Waals surface area contributed by atoms with Crippen LogP contribution in [0, 0.1) is 11.3 Å². The zero-order valence-electron chi connectivity index (χ0n) is 14.2. The third-order valence-corrected chi connectivity index (χ3v) is 5.33. The van der Waals surface area contributed by atoms with Gasteiger partial charge in [0.15, 0.2) is 0 Å². The van der Waals surface area contributed by atoms with Crippen molar-refractivity contribution in [2.45, 2.75) is 31.7 Å². The second-order valence-corrected chi connectivity index (χ2v) is 7.26. The Kier molecular flexibility index (Phi) is 3.70. The van der Waals surface area contributed by atoms with Crippen LogP contribution < -0.4 is 4.74 Å². The van der Waals surface area contributed by atoms with Gasteiger partial charge in [-0.15, -0.1) is 0 Å². The summed E-state index contributed by atoms with van der Waals surface area (Å²) in [6.45, 7) is 2.91. The predicted octanol–water partition coefficient (Wildman–Crippen LogP) is 4.67. The van der Waals surface area contributed by atoms with E-state index < -0.39 is 0 Å². The minimum absolute atomic E-state index is 0.200. The van der Waals surface area contributed by atoms with Gasteiger partial charge in [-0.05, 0) is 43.2 Å². The van der Waals surface area contributed by atoms with Crippen molar-refractivity contribution in [3.05, 3.63) is 58.5 Å². The summed E-state index contributed by atoms with van der Waals surface area (Å²) in [5.74, 6) is 0.684. The Morgan fingerprint density at radius 3 is 2.80 bits per heavy atom. The Morgan fingerprint density at radius 2 is 2.12 bits per heavy atom. The molecule has 0 spiro atoms. The first kappa shape index (κ1) is 16.0. The molecule has 0 radical (unpaired) electrons. The van der Waals surface area contributed by atoms with Gasteiger partial charge in [0.1, 0.15) is 17.5 Å². The normalized spacial score (nSPS) is 15.1. The lowest BCUT2D eigenvalue weighted by Crippen LogP contribution is -2.12. The number of pyridine rings is 1. The van der Waals surface area contributed by atoms with Gasteiger partial charge in [-0.3, -0.25) is 0 Å². The molecule has 0 saturated heterocycles. The Hall–Kier alpha value is -2.51. The standard InChI is InChI=1S/C20H18ClN3O/c1-20(6-7-20)19-9-13-8-18(25-2)16(21)10-17(13)24(19)12-15-5-3-4-14(11-22)23-15/h3-5,8-10H,6-7,12H2,1-2H3. The first-order chi connectivity index (χ1) is 12.0. The van der Waals surface area contributed by atoms with Crippen LogP contribution in [0.5, 0.6) is 5.75 Å². The van der Waals surface area contributed by atoms with Crippen LogP contribution in [0.2, 0.25) is 5.02 Å². The number of fused-ring (bicyclic) bond motifs is 1. The lowest BCUT2D eigenvalue weighted by atomic mass is 10.1. The van der Waals surface area contributed by atoms with E-state index in [1.807, 2.05) is 24.3 Å². The summed E-state index contributed by atoms with van der Waals surface area (Å²) < 4.78 is 7.64. The molecule has 1 aromatic carbocycles. The minimum atomic E-state index is 0.200. The first-order valence-electron chi connectivity index (χ1n) is 8.27. The Morgan fingerprint density at radius 1 is 1.32 bits per heavy atom. The second kappa shape index (κ2) is 5.79. The van der Waals surface area contributed by atoms with Crippen LogP contribution in [0.1, 0.15) is 36.8 Å². The third kappa shape index (κ3) is 2.75. The molecule has 2 heterocycles. The summed E-state index contributed by atoms with van der Waals surface area (Å²) in [6, 6.07) is 13.8. The summed E-state index contributed by atoms with van der Waals surface area (Å²) in [4.78, 5) is 4.43. The molecular weight excluding hydrogens is 334 g/mol. The summed E-state index contributed by atoms with van der Waals surface area (Å²) in [6.07, 6.45) is 2.36. The molecule has 0 bridgehead atoms. The summed E-state index contributed by atoms with van der Waals surface area (Å²) in [7, 11) is 1.63. The van der Waals surface area contributed by atoms with Crippen molar-refractivity contribution in [3.8, 4) is 11.8 Å². The van der Waals surface area contributed by atoms with E-state index >= 15 is 0 Å². The number of benzene rings is 1. The molecule has 5 heteroatoms. The maximum absolute atomic E-state index is 9.10. The second-order valence-electron chi connectivity index (χ2n) is 6.85. The van der Waals surface area contributed by atoms with Crippen LogP contribution in [-0.2, 0) is 12.0 Å². The summed E-state index contributed by atoms with van der Waals surface area (Å²) in [5, 5.41) is 10.8. The molecule has 2 aromatic heterocycles. The van der Waals surface area contributed by atoms with Gasteiger partial charge in [0.05, 0.1) is 29.9 Å². The molecule has 25 heavy (non-hydrogen) atoms. The molecule has 4 nitrogen and oxygen atoms in total. The fourth-order valence-corrected chi connectivity index (χ4v) is 3.56. The molecule has 1 fully saturated rings.